The van der Waals surface area contributed by atoms with Crippen LogP contribution < -0.4 is 15.8 Å². The van der Waals surface area contributed by atoms with Crippen molar-refractivity contribution in [2.45, 2.75) is 6.43 Å². The van der Waals surface area contributed by atoms with Crippen LogP contribution in [0.3, 0.4) is 0 Å². The van der Waals surface area contributed by atoms with Gasteiger partial charge in [-0.2, -0.15) is 0 Å². The monoisotopic (exact) mass is 246 g/mol. The van der Waals surface area contributed by atoms with Crippen molar-refractivity contribution in [2.24, 2.45) is 0 Å². The summed E-state index contributed by atoms with van der Waals surface area (Å²) in [5.74, 6) is 0.676. The van der Waals surface area contributed by atoms with Gasteiger partial charge in [-0.3, -0.25) is 0 Å². The Labute approximate surface area is 98.7 Å². The molecule has 0 bridgehead atoms. The van der Waals surface area contributed by atoms with Gasteiger partial charge in [0.1, 0.15) is 12.4 Å². The molecule has 0 radical (unpaired) electrons. The number of hydrogen-bond donors (Lipinski definition) is 2. The lowest BCUT2D eigenvalue weighted by Crippen LogP contribution is -2.13. The van der Waals surface area contributed by atoms with Crippen molar-refractivity contribution in [1.82, 2.24) is 0 Å². The van der Waals surface area contributed by atoms with E-state index in [0.717, 1.165) is 0 Å². The SMILES string of the molecule is COc1ccc(N)c(NCCOCC(F)F)c1. The first kappa shape index (κ1) is 13.5. The maximum absolute atomic E-state index is 11.8. The molecule has 3 N–H and O–H groups in total. The molecular formula is C11H16F2N2O2. The zero-order valence-corrected chi connectivity index (χ0v) is 9.58. The largest absolute Gasteiger partial charge is 0.497 e. The van der Waals surface area contributed by atoms with Crippen LogP contribution in [0.5, 0.6) is 5.75 Å². The lowest BCUT2D eigenvalue weighted by Gasteiger charge is -2.11. The molecule has 4 nitrogen and oxygen atoms in total. The van der Waals surface area contributed by atoms with Gasteiger partial charge in [0, 0.05) is 12.6 Å². The maximum atomic E-state index is 11.8. The third kappa shape index (κ3) is 4.86. The van der Waals surface area contributed by atoms with Crippen LogP contribution in [0.25, 0.3) is 0 Å². The van der Waals surface area contributed by atoms with Gasteiger partial charge in [0.15, 0.2) is 0 Å². The molecule has 0 aliphatic rings. The average Bonchev–Trinajstić information content (AvgIpc) is 2.30. The standard InChI is InChI=1S/C11H16F2N2O2/c1-16-8-2-3-9(14)10(6-8)15-4-5-17-7-11(12)13/h2-3,6,11,15H,4-5,7,14H2,1H3. The van der Waals surface area contributed by atoms with Gasteiger partial charge in [-0.15, -0.1) is 0 Å². The first-order valence-corrected chi connectivity index (χ1v) is 5.16. The third-order valence-electron chi connectivity index (χ3n) is 2.07. The molecule has 0 aliphatic heterocycles. The van der Waals surface area contributed by atoms with E-state index in [1.807, 2.05) is 0 Å². The number of rotatable bonds is 7. The normalized spacial score (nSPS) is 10.6. The fourth-order valence-electron chi connectivity index (χ4n) is 1.25. The van der Waals surface area contributed by atoms with Gasteiger partial charge >= 0.3 is 0 Å². The minimum absolute atomic E-state index is 0.195. The van der Waals surface area contributed by atoms with Crippen molar-refractivity contribution in [2.75, 3.05) is 37.9 Å². The van der Waals surface area contributed by atoms with Gasteiger partial charge in [0.25, 0.3) is 6.43 Å². The minimum Gasteiger partial charge on any atom is -0.497 e. The van der Waals surface area contributed by atoms with Crippen molar-refractivity contribution < 1.29 is 18.3 Å². The Morgan fingerprint density at radius 3 is 2.82 bits per heavy atom. The number of anilines is 2. The fraction of sp³-hybridized carbons (Fsp3) is 0.455. The van der Waals surface area contributed by atoms with Crippen LogP contribution in [0.15, 0.2) is 18.2 Å². The van der Waals surface area contributed by atoms with Crippen molar-refractivity contribution in [3.05, 3.63) is 18.2 Å². The summed E-state index contributed by atoms with van der Waals surface area (Å²) in [6.45, 7) is 0.0559. The van der Waals surface area contributed by atoms with Crippen LogP contribution in [-0.2, 0) is 4.74 Å². The predicted octanol–water partition coefficient (Wildman–Crippen LogP) is 1.97. The molecule has 0 saturated carbocycles. The van der Waals surface area contributed by atoms with Crippen LogP contribution in [0.1, 0.15) is 0 Å². The van der Waals surface area contributed by atoms with E-state index in [9.17, 15) is 8.78 Å². The number of alkyl halides is 2. The Morgan fingerprint density at radius 1 is 1.41 bits per heavy atom. The molecule has 0 atom stereocenters. The molecule has 0 unspecified atom stereocenters. The number of nitrogens with one attached hydrogen (secondary N) is 1. The molecule has 6 heteroatoms. The Morgan fingerprint density at radius 2 is 2.18 bits per heavy atom. The highest BCUT2D eigenvalue weighted by Crippen LogP contribution is 2.23. The van der Waals surface area contributed by atoms with Crippen LogP contribution in [0.4, 0.5) is 20.2 Å². The predicted molar refractivity (Wildman–Crippen MR) is 62.7 cm³/mol. The molecular weight excluding hydrogens is 230 g/mol. The van der Waals surface area contributed by atoms with Crippen molar-refractivity contribution in [3.63, 3.8) is 0 Å². The molecule has 1 aromatic rings. The number of benzene rings is 1. The first-order valence-electron chi connectivity index (χ1n) is 5.16. The van der Waals surface area contributed by atoms with Gasteiger partial charge < -0.3 is 20.5 Å². The average molecular weight is 246 g/mol. The van der Waals surface area contributed by atoms with E-state index in [4.69, 9.17) is 15.2 Å². The van der Waals surface area contributed by atoms with Crippen LogP contribution >= 0.6 is 0 Å². The summed E-state index contributed by atoms with van der Waals surface area (Å²) in [6, 6.07) is 5.19. The lowest BCUT2D eigenvalue weighted by atomic mass is 10.2. The number of halogens is 2. The molecule has 0 saturated heterocycles. The van der Waals surface area contributed by atoms with Crippen LogP contribution in [0, 0.1) is 0 Å². The van der Waals surface area contributed by atoms with E-state index in [1.165, 1.54) is 0 Å². The molecule has 0 fully saturated rings. The Bertz CT molecular complexity index is 348. The zero-order chi connectivity index (χ0) is 12.7. The fourth-order valence-corrected chi connectivity index (χ4v) is 1.25. The molecule has 0 aromatic heterocycles. The third-order valence-corrected chi connectivity index (χ3v) is 2.07. The Kier molecular flexibility index (Phi) is 5.48. The summed E-state index contributed by atoms with van der Waals surface area (Å²) >= 11 is 0. The van der Waals surface area contributed by atoms with E-state index >= 15 is 0 Å². The second-order valence-electron chi connectivity index (χ2n) is 3.35. The molecule has 1 rings (SSSR count). The molecule has 1 aromatic carbocycles. The van der Waals surface area contributed by atoms with Gasteiger partial charge in [-0.25, -0.2) is 8.78 Å². The van der Waals surface area contributed by atoms with Gasteiger partial charge in [0.2, 0.25) is 0 Å². The summed E-state index contributed by atoms with van der Waals surface area (Å²) in [5, 5.41) is 2.99. The molecule has 0 amide bonds. The van der Waals surface area contributed by atoms with Gasteiger partial charge in [-0.1, -0.05) is 0 Å². The van der Waals surface area contributed by atoms with Crippen molar-refractivity contribution >= 4 is 11.4 Å². The van der Waals surface area contributed by atoms with E-state index in [1.54, 1.807) is 25.3 Å². The number of nitrogens with two attached hydrogens (primary N) is 1. The summed E-state index contributed by atoms with van der Waals surface area (Å²) in [5.41, 5.74) is 7.00. The second-order valence-corrected chi connectivity index (χ2v) is 3.35. The highest BCUT2D eigenvalue weighted by atomic mass is 19.3. The second kappa shape index (κ2) is 6.90. The number of hydrogen-bond acceptors (Lipinski definition) is 4. The summed E-state index contributed by atoms with van der Waals surface area (Å²) in [6.07, 6.45) is -2.43. The maximum Gasteiger partial charge on any atom is 0.261 e. The summed E-state index contributed by atoms with van der Waals surface area (Å²) in [4.78, 5) is 0. The number of ether oxygens (including phenoxy) is 2. The lowest BCUT2D eigenvalue weighted by molar-refractivity contribution is 0.0215. The summed E-state index contributed by atoms with van der Waals surface area (Å²) in [7, 11) is 1.56. The van der Waals surface area contributed by atoms with Gasteiger partial charge in [0.05, 0.1) is 25.1 Å². The summed E-state index contributed by atoms with van der Waals surface area (Å²) < 4.78 is 33.3. The van der Waals surface area contributed by atoms with E-state index in [0.29, 0.717) is 23.7 Å². The van der Waals surface area contributed by atoms with Crippen LogP contribution in [0.2, 0.25) is 0 Å². The molecule has 0 heterocycles. The smallest absolute Gasteiger partial charge is 0.261 e. The minimum atomic E-state index is -2.43. The number of nitrogen functional groups attached to an aromatic ring is 1. The topological polar surface area (TPSA) is 56.5 Å². The Balaban J connectivity index is 2.35. The van der Waals surface area contributed by atoms with Crippen molar-refractivity contribution in [1.29, 1.82) is 0 Å². The van der Waals surface area contributed by atoms with E-state index in [2.05, 4.69) is 5.32 Å². The van der Waals surface area contributed by atoms with E-state index < -0.39 is 13.0 Å². The van der Waals surface area contributed by atoms with E-state index in [-0.39, 0.29) is 6.61 Å². The van der Waals surface area contributed by atoms with Gasteiger partial charge in [-0.05, 0) is 12.1 Å². The molecule has 0 aliphatic carbocycles. The highest BCUT2D eigenvalue weighted by Gasteiger charge is 2.03. The number of methoxy groups -OCH3 is 1. The zero-order valence-electron chi connectivity index (χ0n) is 9.58. The Hall–Kier alpha value is -1.56. The molecule has 17 heavy (non-hydrogen) atoms. The van der Waals surface area contributed by atoms with Crippen molar-refractivity contribution in [3.8, 4) is 5.75 Å². The molecule has 0 spiro atoms. The van der Waals surface area contributed by atoms with Crippen LogP contribution in [-0.4, -0.2) is 33.3 Å². The molecule has 96 valence electrons. The highest BCUT2D eigenvalue weighted by molar-refractivity contribution is 5.68. The first-order chi connectivity index (χ1) is 8.13. The quantitative estimate of drug-likeness (QED) is 0.570.